The summed E-state index contributed by atoms with van der Waals surface area (Å²) in [6.45, 7) is 2.81. The molecule has 1 saturated carbocycles. The molecular formula is C12H15BrFN. The summed E-state index contributed by atoms with van der Waals surface area (Å²) in [6.07, 6.45) is 3.68. The van der Waals surface area contributed by atoms with Crippen molar-refractivity contribution in [3.05, 3.63) is 34.1 Å². The maximum atomic E-state index is 13.4. The summed E-state index contributed by atoms with van der Waals surface area (Å²) in [6, 6.07) is 5.07. The number of benzene rings is 1. The molecule has 15 heavy (non-hydrogen) atoms. The van der Waals surface area contributed by atoms with Gasteiger partial charge in [-0.15, -0.1) is 0 Å². The summed E-state index contributed by atoms with van der Waals surface area (Å²) in [5, 5.41) is 3.42. The van der Waals surface area contributed by atoms with Gasteiger partial charge in [-0.05, 0) is 44.4 Å². The highest BCUT2D eigenvalue weighted by Crippen LogP contribution is 2.31. The first kappa shape index (κ1) is 11.1. The summed E-state index contributed by atoms with van der Waals surface area (Å²) < 4.78 is 14.3. The topological polar surface area (TPSA) is 12.0 Å². The molecule has 1 aliphatic carbocycles. The van der Waals surface area contributed by atoms with Crippen LogP contribution in [0.2, 0.25) is 0 Å². The highest BCUT2D eigenvalue weighted by molar-refractivity contribution is 9.10. The van der Waals surface area contributed by atoms with Crippen molar-refractivity contribution in [2.24, 2.45) is 0 Å². The van der Waals surface area contributed by atoms with Crippen LogP contribution in [0.15, 0.2) is 22.7 Å². The number of nitrogens with one attached hydrogen (secondary N) is 1. The largest absolute Gasteiger partial charge is 0.307 e. The minimum absolute atomic E-state index is 0.131. The van der Waals surface area contributed by atoms with Crippen molar-refractivity contribution in [2.75, 3.05) is 0 Å². The Hall–Kier alpha value is -0.410. The first-order chi connectivity index (χ1) is 7.09. The average Bonchev–Trinajstić information content (AvgIpc) is 2.17. The van der Waals surface area contributed by atoms with E-state index < -0.39 is 0 Å². The molecule has 2 rings (SSSR count). The van der Waals surface area contributed by atoms with Gasteiger partial charge < -0.3 is 5.32 Å². The minimum Gasteiger partial charge on any atom is -0.307 e. The van der Waals surface area contributed by atoms with Crippen LogP contribution < -0.4 is 5.32 Å². The van der Waals surface area contributed by atoms with E-state index in [9.17, 15) is 4.39 Å². The van der Waals surface area contributed by atoms with Crippen LogP contribution in [0.3, 0.4) is 0 Å². The van der Waals surface area contributed by atoms with Gasteiger partial charge in [-0.3, -0.25) is 0 Å². The third-order valence-electron chi connectivity index (χ3n) is 3.17. The number of hydrogen-bond acceptors (Lipinski definition) is 1. The molecule has 0 heterocycles. The van der Waals surface area contributed by atoms with Crippen molar-refractivity contribution in [2.45, 2.75) is 38.3 Å². The maximum Gasteiger partial charge on any atom is 0.127 e. The van der Waals surface area contributed by atoms with Crippen LogP contribution in [0.25, 0.3) is 0 Å². The molecule has 1 aromatic carbocycles. The van der Waals surface area contributed by atoms with Crippen LogP contribution in [-0.2, 0) is 6.54 Å². The summed E-state index contributed by atoms with van der Waals surface area (Å²) in [4.78, 5) is 0. The highest BCUT2D eigenvalue weighted by Gasteiger charge is 2.30. The molecule has 0 radical (unpaired) electrons. The molecule has 1 fully saturated rings. The Morgan fingerprint density at radius 1 is 1.47 bits per heavy atom. The van der Waals surface area contributed by atoms with Crippen molar-refractivity contribution in [1.82, 2.24) is 5.32 Å². The van der Waals surface area contributed by atoms with Gasteiger partial charge in [0.2, 0.25) is 0 Å². The van der Waals surface area contributed by atoms with E-state index in [4.69, 9.17) is 0 Å². The highest BCUT2D eigenvalue weighted by atomic mass is 79.9. The normalized spacial score (nSPS) is 18.6. The van der Waals surface area contributed by atoms with E-state index in [1.54, 1.807) is 6.07 Å². The van der Waals surface area contributed by atoms with Crippen molar-refractivity contribution in [3.8, 4) is 0 Å². The van der Waals surface area contributed by atoms with Crippen LogP contribution in [-0.4, -0.2) is 5.54 Å². The Kier molecular flexibility index (Phi) is 3.12. The van der Waals surface area contributed by atoms with E-state index in [-0.39, 0.29) is 11.4 Å². The van der Waals surface area contributed by atoms with Gasteiger partial charge in [-0.25, -0.2) is 4.39 Å². The lowest BCUT2D eigenvalue weighted by molar-refractivity contribution is 0.206. The fraction of sp³-hybridized carbons (Fsp3) is 0.500. The second-order valence-electron chi connectivity index (χ2n) is 4.50. The van der Waals surface area contributed by atoms with Gasteiger partial charge in [0.1, 0.15) is 5.82 Å². The molecule has 1 nitrogen and oxygen atoms in total. The third kappa shape index (κ3) is 2.58. The molecule has 0 atom stereocenters. The predicted octanol–water partition coefficient (Wildman–Crippen LogP) is 3.62. The lowest BCUT2D eigenvalue weighted by atomic mass is 9.78. The molecule has 82 valence electrons. The fourth-order valence-corrected chi connectivity index (χ4v) is 2.28. The lowest BCUT2D eigenvalue weighted by Gasteiger charge is -2.39. The monoisotopic (exact) mass is 271 g/mol. The molecule has 0 bridgehead atoms. The van der Waals surface area contributed by atoms with Gasteiger partial charge in [-0.1, -0.05) is 15.9 Å². The molecule has 1 aromatic rings. The van der Waals surface area contributed by atoms with E-state index in [0.717, 1.165) is 10.0 Å². The second kappa shape index (κ2) is 4.22. The molecule has 1 aliphatic rings. The number of rotatable bonds is 3. The van der Waals surface area contributed by atoms with Crippen molar-refractivity contribution in [1.29, 1.82) is 0 Å². The van der Waals surface area contributed by atoms with Crippen LogP contribution in [0.1, 0.15) is 31.7 Å². The quantitative estimate of drug-likeness (QED) is 0.886. The van der Waals surface area contributed by atoms with Crippen molar-refractivity contribution >= 4 is 15.9 Å². The zero-order valence-electron chi connectivity index (χ0n) is 8.82. The van der Waals surface area contributed by atoms with E-state index in [1.165, 1.54) is 25.3 Å². The van der Waals surface area contributed by atoms with Crippen LogP contribution in [0.5, 0.6) is 0 Å². The summed E-state index contributed by atoms with van der Waals surface area (Å²) in [5.74, 6) is -0.131. The van der Waals surface area contributed by atoms with Gasteiger partial charge in [0.15, 0.2) is 0 Å². The Labute approximate surface area is 98.2 Å². The Balaban J connectivity index is 2.01. The molecule has 3 heteroatoms. The Morgan fingerprint density at radius 3 is 2.80 bits per heavy atom. The molecular weight excluding hydrogens is 257 g/mol. The zero-order valence-corrected chi connectivity index (χ0v) is 10.4. The van der Waals surface area contributed by atoms with Crippen LogP contribution in [0.4, 0.5) is 4.39 Å². The van der Waals surface area contributed by atoms with Gasteiger partial charge in [-0.2, -0.15) is 0 Å². The van der Waals surface area contributed by atoms with Gasteiger partial charge in [0.25, 0.3) is 0 Å². The molecule has 0 amide bonds. The molecule has 0 spiro atoms. The predicted molar refractivity (Wildman–Crippen MR) is 63.2 cm³/mol. The first-order valence-corrected chi connectivity index (χ1v) is 6.07. The molecule has 1 N–H and O–H groups in total. The summed E-state index contributed by atoms with van der Waals surface area (Å²) in [5.41, 5.74) is 0.965. The van der Waals surface area contributed by atoms with Crippen molar-refractivity contribution < 1.29 is 4.39 Å². The Morgan fingerprint density at radius 2 is 2.20 bits per heavy atom. The third-order valence-corrected chi connectivity index (χ3v) is 3.66. The Bertz CT molecular complexity index is 361. The first-order valence-electron chi connectivity index (χ1n) is 5.28. The van der Waals surface area contributed by atoms with Crippen LogP contribution in [0, 0.1) is 5.82 Å². The average molecular weight is 272 g/mol. The van der Waals surface area contributed by atoms with Gasteiger partial charge in [0.05, 0.1) is 0 Å². The molecule has 0 aromatic heterocycles. The maximum absolute atomic E-state index is 13.4. The lowest BCUT2D eigenvalue weighted by Crippen LogP contribution is -2.47. The van der Waals surface area contributed by atoms with E-state index in [0.29, 0.717) is 6.54 Å². The van der Waals surface area contributed by atoms with E-state index >= 15 is 0 Å². The van der Waals surface area contributed by atoms with Crippen LogP contribution >= 0.6 is 15.9 Å². The summed E-state index contributed by atoms with van der Waals surface area (Å²) >= 11 is 3.35. The van der Waals surface area contributed by atoms with Gasteiger partial charge >= 0.3 is 0 Å². The van der Waals surface area contributed by atoms with E-state index in [2.05, 4.69) is 28.2 Å². The number of halogens is 2. The molecule has 0 aliphatic heterocycles. The second-order valence-corrected chi connectivity index (χ2v) is 5.42. The van der Waals surface area contributed by atoms with Gasteiger partial charge in [0, 0.05) is 22.1 Å². The van der Waals surface area contributed by atoms with Crippen molar-refractivity contribution in [3.63, 3.8) is 0 Å². The number of hydrogen-bond donors (Lipinski definition) is 1. The summed E-state index contributed by atoms with van der Waals surface area (Å²) in [7, 11) is 0. The fourth-order valence-electron chi connectivity index (χ4n) is 1.87. The standard InChI is InChI=1S/C12H15BrFN/c1-12(5-2-6-12)15-8-9-7-10(13)3-4-11(9)14/h3-4,7,15H,2,5-6,8H2,1H3. The zero-order chi connectivity index (χ0) is 10.9. The minimum atomic E-state index is -0.131. The van der Waals surface area contributed by atoms with E-state index in [1.807, 2.05) is 6.07 Å². The smallest absolute Gasteiger partial charge is 0.127 e. The molecule has 0 saturated heterocycles. The molecule has 0 unspecified atom stereocenters. The SMILES string of the molecule is CC1(NCc2cc(Br)ccc2F)CCC1.